The molecule has 0 unspecified atom stereocenters. The average Bonchev–Trinajstić information content (AvgIpc) is 2.74. The van der Waals surface area contributed by atoms with E-state index in [1.165, 1.54) is 77.0 Å². The molecule has 0 aromatic heterocycles. The third-order valence-electron chi connectivity index (χ3n) is 5.69. The van der Waals surface area contributed by atoms with Crippen LogP contribution in [0, 0.1) is 0 Å². The maximum atomic E-state index is 12.5. The van der Waals surface area contributed by atoms with Crippen LogP contribution < -0.4 is 68.9 Å². The van der Waals surface area contributed by atoms with Crippen LogP contribution in [0.4, 0.5) is 0 Å². The van der Waals surface area contributed by atoms with Gasteiger partial charge >= 0.3 is 66.9 Å². The Morgan fingerprint density at radius 3 is 1.00 bits per heavy atom. The fourth-order valence-electron chi connectivity index (χ4n) is 3.74. The summed E-state index contributed by atoms with van der Waals surface area (Å²) in [4.78, 5) is 21.9. The van der Waals surface area contributed by atoms with Gasteiger partial charge < -0.3 is 14.4 Å². The third-order valence-corrected chi connectivity index (χ3v) is 8.29. The summed E-state index contributed by atoms with van der Waals surface area (Å²) in [6, 6.07) is 0. The van der Waals surface area contributed by atoms with Crippen molar-refractivity contribution in [2.24, 2.45) is 0 Å². The molecule has 0 bridgehead atoms. The van der Waals surface area contributed by atoms with Gasteiger partial charge in [0.1, 0.15) is 0 Å². The summed E-state index contributed by atoms with van der Waals surface area (Å²) in [6.07, 6.45) is 22.6. The van der Waals surface area contributed by atoms with Gasteiger partial charge in [0.25, 0.3) is 0 Å². The van der Waals surface area contributed by atoms with Crippen LogP contribution >= 0.6 is 15.6 Å². The van der Waals surface area contributed by atoms with E-state index in [9.17, 15) is 18.9 Å². The first-order valence-corrected chi connectivity index (χ1v) is 16.4. The molecule has 0 aliphatic heterocycles. The second kappa shape index (κ2) is 29.2. The number of phosphoric acid groups is 2. The molecular weight excluding hydrogens is 508 g/mol. The van der Waals surface area contributed by atoms with Gasteiger partial charge in [0, 0.05) is 0 Å². The van der Waals surface area contributed by atoms with Crippen LogP contribution in [-0.4, -0.2) is 13.2 Å². The molecule has 0 amide bonds. The van der Waals surface area contributed by atoms with E-state index in [4.69, 9.17) is 9.05 Å². The van der Waals surface area contributed by atoms with Crippen molar-refractivity contribution in [3.8, 4) is 0 Å². The molecule has 7 nitrogen and oxygen atoms in total. The van der Waals surface area contributed by atoms with Crippen molar-refractivity contribution in [3.63, 3.8) is 0 Å². The van der Waals surface area contributed by atoms with E-state index in [0.717, 1.165) is 38.5 Å². The molecule has 0 aromatic carbocycles. The summed E-state index contributed by atoms with van der Waals surface area (Å²) in [5, 5.41) is 0. The largest absolute Gasteiger partial charge is 1.00 e. The van der Waals surface area contributed by atoms with Gasteiger partial charge in [-0.1, -0.05) is 129 Å². The Morgan fingerprint density at radius 1 is 0.486 bits per heavy atom. The molecule has 11 heteroatoms. The molecule has 0 aromatic rings. The molecular formula is C24H50Na2O7P2. The number of rotatable bonds is 26. The zero-order valence-electron chi connectivity index (χ0n) is 23.3. The molecule has 0 aliphatic carbocycles. The van der Waals surface area contributed by atoms with E-state index in [1.807, 2.05) is 0 Å². The molecule has 0 saturated heterocycles. The van der Waals surface area contributed by atoms with Crippen LogP contribution in [0.1, 0.15) is 142 Å². The van der Waals surface area contributed by atoms with Gasteiger partial charge in [-0.05, 0) is 12.8 Å². The maximum Gasteiger partial charge on any atom is 1.00 e. The number of hydrogen-bond acceptors (Lipinski definition) is 7. The van der Waals surface area contributed by atoms with Crippen LogP contribution in [-0.2, 0) is 22.5 Å². The molecule has 200 valence electrons. The van der Waals surface area contributed by atoms with Crippen LogP contribution in [0.5, 0.6) is 0 Å². The summed E-state index contributed by atoms with van der Waals surface area (Å²) < 4.78 is 37.9. The van der Waals surface area contributed by atoms with Crippen molar-refractivity contribution in [3.05, 3.63) is 0 Å². The molecule has 0 saturated carbocycles. The van der Waals surface area contributed by atoms with Crippen molar-refractivity contribution < 1.29 is 91.4 Å². The van der Waals surface area contributed by atoms with Crippen molar-refractivity contribution in [1.82, 2.24) is 0 Å². The van der Waals surface area contributed by atoms with E-state index >= 15 is 0 Å². The molecule has 0 N–H and O–H groups in total. The fourth-order valence-corrected chi connectivity index (χ4v) is 5.88. The second-order valence-corrected chi connectivity index (χ2v) is 12.0. The van der Waals surface area contributed by atoms with Crippen molar-refractivity contribution in [1.29, 1.82) is 0 Å². The Kier molecular flexibility index (Phi) is 34.9. The van der Waals surface area contributed by atoms with E-state index in [2.05, 4.69) is 18.2 Å². The molecule has 0 rings (SSSR count). The molecule has 0 atom stereocenters. The monoisotopic (exact) mass is 558 g/mol. The predicted molar refractivity (Wildman–Crippen MR) is 132 cm³/mol. The summed E-state index contributed by atoms with van der Waals surface area (Å²) in [6.45, 7) is 4.52. The van der Waals surface area contributed by atoms with Crippen molar-refractivity contribution in [2.75, 3.05) is 13.2 Å². The maximum absolute atomic E-state index is 12.5. The summed E-state index contributed by atoms with van der Waals surface area (Å²) in [5.41, 5.74) is 0. The van der Waals surface area contributed by atoms with Crippen LogP contribution in [0.25, 0.3) is 0 Å². The minimum absolute atomic E-state index is 0. The van der Waals surface area contributed by atoms with E-state index in [-0.39, 0.29) is 72.3 Å². The van der Waals surface area contributed by atoms with E-state index in [0.29, 0.717) is 12.8 Å². The van der Waals surface area contributed by atoms with Gasteiger partial charge in [-0.2, -0.15) is 0 Å². The fraction of sp³-hybridized carbons (Fsp3) is 1.00. The quantitative estimate of drug-likeness (QED) is 0.0906. The number of unbranched alkanes of at least 4 members (excludes halogenated alkanes) is 18. The van der Waals surface area contributed by atoms with Crippen molar-refractivity contribution in [2.45, 2.75) is 142 Å². The minimum atomic E-state index is -5.46. The first-order chi connectivity index (χ1) is 15.8. The Hall–Kier alpha value is 2.26. The molecule has 0 fully saturated rings. The Balaban J connectivity index is -0.00000512. The average molecular weight is 559 g/mol. The molecule has 0 radical (unpaired) electrons. The van der Waals surface area contributed by atoms with E-state index in [1.54, 1.807) is 0 Å². The normalized spacial score (nSPS) is 11.8. The number of hydrogen-bond donors (Lipinski definition) is 0. The Bertz CT molecular complexity index is 492. The third kappa shape index (κ3) is 32.4. The van der Waals surface area contributed by atoms with E-state index < -0.39 is 15.6 Å². The second-order valence-electron chi connectivity index (χ2n) is 9.01. The first kappa shape index (κ1) is 41.7. The first-order valence-electron chi connectivity index (χ1n) is 13.5. The standard InChI is InChI=1S/C24H52O7P2.2Na/c1-3-5-7-9-11-13-15-17-19-21-23-29-33(28,31-32(25,26)27)30-24-22-20-18-16-14-12-10-8-6-4-2;;/h3-24H2,1-2H3,(H2,25,26,27);;/q;2*+1/p-2. The molecule has 0 spiro atoms. The molecule has 0 heterocycles. The predicted octanol–water partition coefficient (Wildman–Crippen LogP) is 1.82. The van der Waals surface area contributed by atoms with Gasteiger partial charge in [0.15, 0.2) is 0 Å². The van der Waals surface area contributed by atoms with Crippen LogP contribution in [0.15, 0.2) is 0 Å². The SMILES string of the molecule is CCCCCCCCCCCCOP(=O)(OCCCCCCCCCCCC)OP(=O)([O-])[O-].[Na+].[Na+]. The van der Waals surface area contributed by atoms with Crippen LogP contribution in [0.2, 0.25) is 0 Å². The minimum Gasteiger partial charge on any atom is -0.789 e. The molecule has 35 heavy (non-hydrogen) atoms. The van der Waals surface area contributed by atoms with Gasteiger partial charge in [-0.25, -0.2) is 4.57 Å². The van der Waals surface area contributed by atoms with Gasteiger partial charge in [-0.3, -0.25) is 13.4 Å². The Morgan fingerprint density at radius 2 is 0.743 bits per heavy atom. The summed E-state index contributed by atoms with van der Waals surface area (Å²) in [7, 11) is -9.85. The Labute approximate surface area is 260 Å². The van der Waals surface area contributed by atoms with Crippen LogP contribution in [0.3, 0.4) is 0 Å². The zero-order chi connectivity index (χ0) is 24.7. The summed E-state index contributed by atoms with van der Waals surface area (Å²) >= 11 is 0. The zero-order valence-corrected chi connectivity index (χ0v) is 29.1. The smallest absolute Gasteiger partial charge is 0.789 e. The topological polar surface area (TPSA) is 108 Å². The van der Waals surface area contributed by atoms with Gasteiger partial charge in [-0.15, -0.1) is 0 Å². The summed E-state index contributed by atoms with van der Waals surface area (Å²) in [5.74, 6) is 0. The van der Waals surface area contributed by atoms with Gasteiger partial charge in [0.05, 0.1) is 21.0 Å². The van der Waals surface area contributed by atoms with Gasteiger partial charge in [0.2, 0.25) is 0 Å². The van der Waals surface area contributed by atoms with Crippen molar-refractivity contribution >= 4 is 15.6 Å². The number of phosphoric ester groups is 1. The molecule has 0 aliphatic rings.